The zero-order chi connectivity index (χ0) is 36.6. The van der Waals surface area contributed by atoms with Crippen LogP contribution in [0.25, 0.3) is 99.1 Å². The predicted octanol–water partition coefficient (Wildman–Crippen LogP) is 13.3. The molecule has 0 fully saturated rings. The molecule has 7 aromatic carbocycles. The monoisotopic (exact) mass is 720 g/mol. The molecule has 0 aliphatic heterocycles. The third-order valence-electron chi connectivity index (χ3n) is 9.92. The first kappa shape index (κ1) is 32.6. The van der Waals surface area contributed by atoms with Crippen LogP contribution in [0.4, 0.5) is 0 Å². The minimum atomic E-state index is 0.696. The van der Waals surface area contributed by atoms with Crippen molar-refractivity contribution < 1.29 is 0 Å². The summed E-state index contributed by atoms with van der Waals surface area (Å²) in [4.78, 5) is 20.4. The van der Waals surface area contributed by atoms with Crippen LogP contribution in [0.15, 0.2) is 194 Å². The van der Waals surface area contributed by atoms with E-state index in [9.17, 15) is 0 Å². The molecule has 0 unspecified atom stereocenters. The summed E-state index contributed by atoms with van der Waals surface area (Å²) in [7, 11) is 0. The minimum absolute atomic E-state index is 0.696. The van der Waals surface area contributed by atoms with Crippen LogP contribution in [0.3, 0.4) is 0 Å². The Bertz CT molecular complexity index is 2850. The molecule has 0 radical (unpaired) electrons. The number of aromatic nitrogens is 4. The van der Waals surface area contributed by atoms with Crippen molar-refractivity contribution in [2.75, 3.05) is 0 Å². The van der Waals surface area contributed by atoms with Crippen molar-refractivity contribution in [2.45, 2.75) is 0 Å². The largest absolute Gasteiger partial charge is 0.228 e. The molecule has 10 aromatic rings. The summed E-state index contributed by atoms with van der Waals surface area (Å²) in [5.41, 5.74) is 12.1. The molecule has 0 aliphatic carbocycles. The highest BCUT2D eigenvalue weighted by Gasteiger charge is 2.17. The highest BCUT2D eigenvalue weighted by molar-refractivity contribution is 7.26. The molecule has 4 nitrogen and oxygen atoms in total. The lowest BCUT2D eigenvalue weighted by molar-refractivity contribution is 1.18. The van der Waals surface area contributed by atoms with E-state index >= 15 is 0 Å². The quantitative estimate of drug-likeness (QED) is 0.164. The normalized spacial score (nSPS) is 11.3. The van der Waals surface area contributed by atoms with Gasteiger partial charge < -0.3 is 0 Å². The fourth-order valence-corrected chi connectivity index (χ4v) is 8.38. The predicted molar refractivity (Wildman–Crippen MR) is 229 cm³/mol. The molecule has 0 N–H and O–H groups in total. The van der Waals surface area contributed by atoms with Crippen LogP contribution < -0.4 is 0 Å². The number of hydrogen-bond donors (Lipinski definition) is 0. The fourth-order valence-electron chi connectivity index (χ4n) is 7.21. The van der Waals surface area contributed by atoms with Crippen molar-refractivity contribution in [1.82, 2.24) is 19.9 Å². The van der Waals surface area contributed by atoms with E-state index in [2.05, 4.69) is 121 Å². The van der Waals surface area contributed by atoms with Crippen LogP contribution in [0, 0.1) is 0 Å². The topological polar surface area (TPSA) is 51.6 Å². The molecule has 0 spiro atoms. The van der Waals surface area contributed by atoms with Gasteiger partial charge in [0.25, 0.3) is 0 Å². The zero-order valence-electron chi connectivity index (χ0n) is 29.7. The standard InChI is InChI=1S/C50H32N4S/c1-5-15-33(16-6-1)42-31-43(34-17-7-2-8-18-34)52-49(51-42)38-24-13-23-37(29-38)40-25-14-26-46-48(40)41-28-27-39(30-47(41)55-46)50-53-44(35-19-9-3-10-20-35)32-45(54-50)36-21-11-4-12-22-36/h1-32H. The summed E-state index contributed by atoms with van der Waals surface area (Å²) in [6.07, 6.45) is 0. The van der Waals surface area contributed by atoms with Crippen LogP contribution in [-0.2, 0) is 0 Å². The SMILES string of the molecule is c1ccc(-c2cc(-c3ccccc3)nc(-c3cccc(-c4cccc5sc6cc(-c7nc(-c8ccccc8)cc(-c8ccccc8)n7)ccc6c45)c3)n2)cc1. The van der Waals surface area contributed by atoms with Crippen LogP contribution in [0.1, 0.15) is 0 Å². The van der Waals surface area contributed by atoms with Gasteiger partial charge in [-0.15, -0.1) is 11.3 Å². The van der Waals surface area contributed by atoms with Gasteiger partial charge in [-0.05, 0) is 41.5 Å². The fraction of sp³-hybridized carbons (Fsp3) is 0. The molecular weight excluding hydrogens is 689 g/mol. The van der Waals surface area contributed by atoms with Gasteiger partial charge in [0.15, 0.2) is 11.6 Å². The van der Waals surface area contributed by atoms with Crippen molar-refractivity contribution in [3.63, 3.8) is 0 Å². The van der Waals surface area contributed by atoms with E-state index in [0.29, 0.717) is 11.6 Å². The summed E-state index contributed by atoms with van der Waals surface area (Å²) >= 11 is 1.80. The Balaban J connectivity index is 1.07. The number of rotatable bonds is 7. The van der Waals surface area contributed by atoms with E-state index < -0.39 is 0 Å². The van der Waals surface area contributed by atoms with Crippen molar-refractivity contribution in [1.29, 1.82) is 0 Å². The van der Waals surface area contributed by atoms with Gasteiger partial charge in [-0.3, -0.25) is 0 Å². The number of fused-ring (bicyclic) bond motifs is 3. The third kappa shape index (κ3) is 6.37. The molecular formula is C50H32N4S. The summed E-state index contributed by atoms with van der Waals surface area (Å²) < 4.78 is 2.42. The van der Waals surface area contributed by atoms with Crippen LogP contribution in [0.2, 0.25) is 0 Å². The summed E-state index contributed by atoms with van der Waals surface area (Å²) in [6, 6.07) is 67.3. The lowest BCUT2D eigenvalue weighted by atomic mass is 9.97. The molecule has 3 heterocycles. The van der Waals surface area contributed by atoms with E-state index in [1.165, 1.54) is 25.7 Å². The van der Waals surface area contributed by atoms with Crippen LogP contribution in [-0.4, -0.2) is 19.9 Å². The van der Waals surface area contributed by atoms with Gasteiger partial charge in [-0.2, -0.15) is 0 Å². The van der Waals surface area contributed by atoms with E-state index in [0.717, 1.165) is 61.7 Å². The Morgan fingerprint density at radius 2 is 0.709 bits per heavy atom. The molecule has 10 rings (SSSR count). The first-order valence-corrected chi connectivity index (χ1v) is 19.1. The van der Waals surface area contributed by atoms with Gasteiger partial charge >= 0.3 is 0 Å². The highest BCUT2D eigenvalue weighted by Crippen LogP contribution is 2.42. The highest BCUT2D eigenvalue weighted by atomic mass is 32.1. The van der Waals surface area contributed by atoms with E-state index in [1.807, 2.05) is 72.8 Å². The summed E-state index contributed by atoms with van der Waals surface area (Å²) in [5, 5.41) is 2.44. The number of hydrogen-bond acceptors (Lipinski definition) is 5. The number of nitrogens with zero attached hydrogens (tertiary/aromatic N) is 4. The minimum Gasteiger partial charge on any atom is -0.228 e. The molecule has 3 aromatic heterocycles. The lowest BCUT2D eigenvalue weighted by Crippen LogP contribution is -1.96. The maximum atomic E-state index is 5.10. The average molecular weight is 721 g/mol. The van der Waals surface area contributed by atoms with E-state index in [-0.39, 0.29) is 0 Å². The van der Waals surface area contributed by atoms with Gasteiger partial charge in [0.1, 0.15) is 0 Å². The number of thiophene rings is 1. The Hall–Kier alpha value is -7.08. The molecule has 5 heteroatoms. The van der Waals surface area contributed by atoms with Gasteiger partial charge in [-0.25, -0.2) is 19.9 Å². The summed E-state index contributed by atoms with van der Waals surface area (Å²) in [5.74, 6) is 1.40. The maximum Gasteiger partial charge on any atom is 0.160 e. The second kappa shape index (κ2) is 14.0. The molecule has 0 aliphatic rings. The van der Waals surface area contributed by atoms with Crippen molar-refractivity contribution >= 4 is 31.5 Å². The first-order chi connectivity index (χ1) is 27.2. The maximum absolute atomic E-state index is 5.10. The summed E-state index contributed by atoms with van der Waals surface area (Å²) in [6.45, 7) is 0. The Morgan fingerprint density at radius 3 is 1.20 bits per heavy atom. The smallest absolute Gasteiger partial charge is 0.160 e. The molecule has 0 atom stereocenters. The average Bonchev–Trinajstić information content (AvgIpc) is 3.66. The van der Waals surface area contributed by atoms with E-state index in [4.69, 9.17) is 19.9 Å². The van der Waals surface area contributed by atoms with Gasteiger partial charge in [0, 0.05) is 53.6 Å². The molecule has 0 saturated carbocycles. The molecule has 0 bridgehead atoms. The Morgan fingerprint density at radius 1 is 0.291 bits per heavy atom. The van der Waals surface area contributed by atoms with Gasteiger partial charge in [-0.1, -0.05) is 164 Å². The molecule has 0 amide bonds. The first-order valence-electron chi connectivity index (χ1n) is 18.3. The van der Waals surface area contributed by atoms with Gasteiger partial charge in [0.05, 0.1) is 22.8 Å². The second-order valence-corrected chi connectivity index (χ2v) is 14.5. The van der Waals surface area contributed by atoms with Gasteiger partial charge in [0.2, 0.25) is 0 Å². The molecule has 0 saturated heterocycles. The van der Waals surface area contributed by atoms with Crippen LogP contribution in [0.5, 0.6) is 0 Å². The van der Waals surface area contributed by atoms with E-state index in [1.54, 1.807) is 11.3 Å². The van der Waals surface area contributed by atoms with Crippen molar-refractivity contribution in [3.05, 3.63) is 194 Å². The van der Waals surface area contributed by atoms with Crippen LogP contribution >= 0.6 is 11.3 Å². The zero-order valence-corrected chi connectivity index (χ0v) is 30.5. The number of benzene rings is 7. The molecule has 55 heavy (non-hydrogen) atoms. The van der Waals surface area contributed by atoms with Crippen molar-refractivity contribution in [3.8, 4) is 78.9 Å². The Labute approximate surface area is 323 Å². The Kier molecular flexibility index (Phi) is 8.32. The molecule has 258 valence electrons. The third-order valence-corrected chi connectivity index (χ3v) is 11.0. The van der Waals surface area contributed by atoms with Crippen molar-refractivity contribution in [2.24, 2.45) is 0 Å². The second-order valence-electron chi connectivity index (χ2n) is 13.5. The lowest BCUT2D eigenvalue weighted by Gasteiger charge is -2.11.